The lowest BCUT2D eigenvalue weighted by atomic mass is 10.0. The first-order chi connectivity index (χ1) is 19.9. The zero-order valence-corrected chi connectivity index (χ0v) is 22.2. The van der Waals surface area contributed by atoms with Crippen LogP contribution in [0.5, 0.6) is 11.5 Å². The van der Waals surface area contributed by atoms with Crippen molar-refractivity contribution in [2.24, 2.45) is 4.99 Å². The van der Waals surface area contributed by atoms with E-state index in [1.807, 2.05) is 42.5 Å². The van der Waals surface area contributed by atoms with E-state index in [-0.39, 0.29) is 11.3 Å². The van der Waals surface area contributed by atoms with Crippen LogP contribution in [0.2, 0.25) is 0 Å². The largest absolute Gasteiger partial charge is 0.507 e. The minimum atomic E-state index is -1.43. The molecule has 12 heteroatoms. The van der Waals surface area contributed by atoms with Gasteiger partial charge in [-0.3, -0.25) is 9.79 Å². The van der Waals surface area contributed by atoms with E-state index in [9.17, 15) is 24.6 Å². The first-order valence-electron chi connectivity index (χ1n) is 13.1. The number of guanidine groups is 1. The number of phenols is 1. The molecular formula is C29H32N6O6. The van der Waals surface area contributed by atoms with E-state index in [0.717, 1.165) is 36.6 Å². The summed E-state index contributed by atoms with van der Waals surface area (Å²) in [6, 6.07) is 18.6. The molecule has 41 heavy (non-hydrogen) atoms. The Morgan fingerprint density at radius 3 is 2.54 bits per heavy atom. The number of phenolic OH excluding ortho intramolecular Hbond substituents is 1. The molecule has 7 N–H and O–H groups in total. The number of aliphatic imine (C=N–C) groups is 1. The summed E-state index contributed by atoms with van der Waals surface area (Å²) in [5.74, 6) is -1.30. The van der Waals surface area contributed by atoms with Crippen molar-refractivity contribution >= 4 is 29.6 Å². The SMILES string of the molecule is O=C(Nc1ccccc1-c1ccccc1)N[C@@H](CNC(=O)c1ccc(OCCNC2=NCCCN2)cc1O)C(=O)O. The molecule has 214 valence electrons. The first-order valence-corrected chi connectivity index (χ1v) is 13.1. The number of carbonyl (C=O) groups is 3. The van der Waals surface area contributed by atoms with E-state index in [4.69, 9.17) is 4.74 Å². The van der Waals surface area contributed by atoms with Crippen LogP contribution in [0.1, 0.15) is 16.8 Å². The molecule has 0 aromatic heterocycles. The maximum Gasteiger partial charge on any atom is 0.328 e. The van der Waals surface area contributed by atoms with Gasteiger partial charge in [-0.1, -0.05) is 48.5 Å². The van der Waals surface area contributed by atoms with E-state index in [1.165, 1.54) is 18.2 Å². The summed E-state index contributed by atoms with van der Waals surface area (Å²) in [5.41, 5.74) is 2.07. The number of urea groups is 1. The normalized spacial score (nSPS) is 13.1. The van der Waals surface area contributed by atoms with Crippen molar-refractivity contribution in [2.45, 2.75) is 12.5 Å². The molecule has 0 bridgehead atoms. The molecule has 3 aromatic carbocycles. The van der Waals surface area contributed by atoms with Crippen LogP contribution in [-0.2, 0) is 4.79 Å². The predicted octanol–water partition coefficient (Wildman–Crippen LogP) is 2.38. The number of hydrogen-bond acceptors (Lipinski definition) is 8. The Labute approximate surface area is 236 Å². The number of amides is 3. The highest BCUT2D eigenvalue weighted by Crippen LogP contribution is 2.27. The number of rotatable bonds is 11. The summed E-state index contributed by atoms with van der Waals surface area (Å²) in [5, 5.41) is 33.7. The number of ether oxygens (including phenoxy) is 1. The fraction of sp³-hybridized carbons (Fsp3) is 0.241. The van der Waals surface area contributed by atoms with Crippen molar-refractivity contribution in [3.8, 4) is 22.6 Å². The average Bonchev–Trinajstić information content (AvgIpc) is 2.98. The van der Waals surface area contributed by atoms with Gasteiger partial charge in [0, 0.05) is 31.3 Å². The van der Waals surface area contributed by atoms with Crippen LogP contribution in [-0.4, -0.2) is 72.9 Å². The number of carboxylic acid groups (broad SMARTS) is 1. The average molecular weight is 561 g/mol. The molecule has 3 aromatic rings. The molecule has 0 saturated heterocycles. The van der Waals surface area contributed by atoms with Gasteiger partial charge in [0.05, 0.1) is 17.8 Å². The lowest BCUT2D eigenvalue weighted by Gasteiger charge is -2.18. The molecule has 0 unspecified atom stereocenters. The quantitative estimate of drug-likeness (QED) is 0.175. The number of carbonyl (C=O) groups excluding carboxylic acids is 2. The number of aliphatic carboxylic acids is 1. The zero-order valence-electron chi connectivity index (χ0n) is 22.2. The third kappa shape index (κ3) is 8.36. The van der Waals surface area contributed by atoms with Crippen LogP contribution in [0.25, 0.3) is 11.1 Å². The molecule has 1 atom stereocenters. The van der Waals surface area contributed by atoms with Gasteiger partial charge in [0.2, 0.25) is 0 Å². The summed E-state index contributed by atoms with van der Waals surface area (Å²) in [6.45, 7) is 2.01. The molecule has 3 amide bonds. The van der Waals surface area contributed by atoms with Gasteiger partial charge >= 0.3 is 12.0 Å². The monoisotopic (exact) mass is 560 g/mol. The van der Waals surface area contributed by atoms with Gasteiger partial charge in [0.15, 0.2) is 5.96 Å². The summed E-state index contributed by atoms with van der Waals surface area (Å²) in [4.78, 5) is 41.4. The van der Waals surface area contributed by atoms with Crippen molar-refractivity contribution in [1.82, 2.24) is 21.3 Å². The van der Waals surface area contributed by atoms with Crippen molar-refractivity contribution in [1.29, 1.82) is 0 Å². The van der Waals surface area contributed by atoms with Crippen LogP contribution in [0.3, 0.4) is 0 Å². The number of nitrogens with one attached hydrogen (secondary N) is 5. The Balaban J connectivity index is 1.28. The second kappa shape index (κ2) is 14.2. The van der Waals surface area contributed by atoms with Gasteiger partial charge in [-0.05, 0) is 30.2 Å². The highest BCUT2D eigenvalue weighted by atomic mass is 16.5. The fourth-order valence-electron chi connectivity index (χ4n) is 4.05. The van der Waals surface area contributed by atoms with E-state index in [2.05, 4.69) is 31.6 Å². The summed E-state index contributed by atoms with van der Waals surface area (Å²) >= 11 is 0. The van der Waals surface area contributed by atoms with Gasteiger partial charge in [-0.2, -0.15) is 0 Å². The van der Waals surface area contributed by atoms with Crippen molar-refractivity contribution in [3.63, 3.8) is 0 Å². The van der Waals surface area contributed by atoms with Gasteiger partial charge in [-0.25, -0.2) is 9.59 Å². The number of hydrogen-bond donors (Lipinski definition) is 7. The fourth-order valence-corrected chi connectivity index (χ4v) is 4.05. The minimum absolute atomic E-state index is 0.0679. The van der Waals surface area contributed by atoms with E-state index >= 15 is 0 Å². The number of aromatic hydroxyl groups is 1. The van der Waals surface area contributed by atoms with Gasteiger partial charge in [-0.15, -0.1) is 0 Å². The number of anilines is 1. The minimum Gasteiger partial charge on any atom is -0.507 e. The van der Waals surface area contributed by atoms with E-state index < -0.39 is 30.5 Å². The summed E-state index contributed by atoms with van der Waals surface area (Å²) in [7, 11) is 0. The molecule has 1 heterocycles. The van der Waals surface area contributed by atoms with E-state index in [1.54, 1.807) is 12.1 Å². The maximum atomic E-state index is 12.7. The summed E-state index contributed by atoms with van der Waals surface area (Å²) in [6.07, 6.45) is 0.994. The molecule has 1 aliphatic rings. The van der Waals surface area contributed by atoms with Crippen molar-refractivity contribution in [3.05, 3.63) is 78.4 Å². The Morgan fingerprint density at radius 1 is 1.02 bits per heavy atom. The highest BCUT2D eigenvalue weighted by molar-refractivity contribution is 5.98. The van der Waals surface area contributed by atoms with Gasteiger partial charge in [0.1, 0.15) is 24.1 Å². The Hall–Kier alpha value is -5.26. The number of nitrogens with zero attached hydrogens (tertiary/aromatic N) is 1. The molecule has 0 aliphatic carbocycles. The molecule has 12 nitrogen and oxygen atoms in total. The molecule has 0 radical (unpaired) electrons. The third-order valence-corrected chi connectivity index (χ3v) is 6.10. The molecule has 0 spiro atoms. The number of carboxylic acids is 1. The lowest BCUT2D eigenvalue weighted by molar-refractivity contribution is -0.138. The van der Waals surface area contributed by atoms with Crippen LogP contribution in [0.15, 0.2) is 77.8 Å². The van der Waals surface area contributed by atoms with Gasteiger partial charge < -0.3 is 41.5 Å². The van der Waals surface area contributed by atoms with Crippen LogP contribution in [0.4, 0.5) is 10.5 Å². The Bertz CT molecular complexity index is 1400. The predicted molar refractivity (Wildman–Crippen MR) is 154 cm³/mol. The molecule has 0 saturated carbocycles. The summed E-state index contributed by atoms with van der Waals surface area (Å²) < 4.78 is 5.60. The Morgan fingerprint density at radius 2 is 1.80 bits per heavy atom. The molecule has 1 aliphatic heterocycles. The zero-order chi connectivity index (χ0) is 29.0. The Kier molecular flexibility index (Phi) is 9.97. The smallest absolute Gasteiger partial charge is 0.328 e. The second-order valence-corrected chi connectivity index (χ2v) is 9.08. The van der Waals surface area contributed by atoms with Crippen LogP contribution in [0, 0.1) is 0 Å². The lowest BCUT2D eigenvalue weighted by Crippen LogP contribution is -2.49. The van der Waals surface area contributed by atoms with Crippen LogP contribution < -0.4 is 31.3 Å². The van der Waals surface area contributed by atoms with Crippen LogP contribution >= 0.6 is 0 Å². The second-order valence-electron chi connectivity index (χ2n) is 9.08. The number of benzene rings is 3. The van der Waals surface area contributed by atoms with Crippen molar-refractivity contribution in [2.75, 3.05) is 38.1 Å². The first kappa shape index (κ1) is 28.7. The standard InChI is InChI=1S/C29H32N6O6/c36-25-17-20(41-16-15-32-28-30-13-6-14-31-28)11-12-22(25)26(37)33-18-24(27(38)39)35-29(40)34-23-10-5-4-9-21(23)19-7-2-1-3-8-19/h1-5,7-12,17,24,36H,6,13-16,18H2,(H,33,37)(H,38,39)(H2,30,31,32)(H2,34,35,40)/t24-/m0/s1. The van der Waals surface area contributed by atoms with Gasteiger partial charge in [0.25, 0.3) is 5.91 Å². The molecular weight excluding hydrogens is 528 g/mol. The van der Waals surface area contributed by atoms with E-state index in [0.29, 0.717) is 24.6 Å². The third-order valence-electron chi connectivity index (χ3n) is 6.10. The molecule has 4 rings (SSSR count). The molecule has 0 fully saturated rings. The maximum absolute atomic E-state index is 12.7. The highest BCUT2D eigenvalue weighted by Gasteiger charge is 2.22. The number of para-hydroxylation sites is 1. The topological polar surface area (TPSA) is 173 Å². The van der Waals surface area contributed by atoms with Crippen molar-refractivity contribution < 1.29 is 29.3 Å².